The molecule has 4 aromatic rings. The zero-order valence-corrected chi connectivity index (χ0v) is 14.7. The maximum atomic E-state index is 4.34. The topological polar surface area (TPSA) is 0 Å². The minimum absolute atomic E-state index is 0.985. The van der Waals surface area contributed by atoms with Crippen LogP contribution in [0, 0.1) is 0 Å². The summed E-state index contributed by atoms with van der Waals surface area (Å²) in [5.74, 6) is 0. The molecule has 0 aliphatic carbocycles. The second kappa shape index (κ2) is 7.00. The molecule has 0 N–H and O–H groups in total. The SMILES string of the molecule is Sc1ccc(-c2ccc(-c3ccc(-c4ccccc4)cc3)cc2)cc1. The fourth-order valence-electron chi connectivity index (χ4n) is 2.99. The molecule has 0 heterocycles. The first kappa shape index (κ1) is 15.7. The Morgan fingerprint density at radius 3 is 0.960 bits per heavy atom. The Morgan fingerprint density at radius 2 is 0.600 bits per heavy atom. The lowest BCUT2D eigenvalue weighted by molar-refractivity contribution is 1.47. The molecule has 0 bridgehead atoms. The molecule has 0 aromatic heterocycles. The van der Waals surface area contributed by atoms with Crippen LogP contribution in [0.4, 0.5) is 0 Å². The third-order valence-electron chi connectivity index (χ3n) is 4.41. The predicted molar refractivity (Wildman–Crippen MR) is 110 cm³/mol. The van der Waals surface area contributed by atoms with E-state index < -0.39 is 0 Å². The van der Waals surface area contributed by atoms with Crippen LogP contribution in [0.15, 0.2) is 108 Å². The van der Waals surface area contributed by atoms with Crippen molar-refractivity contribution in [3.63, 3.8) is 0 Å². The van der Waals surface area contributed by atoms with E-state index in [1.807, 2.05) is 18.2 Å². The number of benzene rings is 4. The molecule has 1 heteroatoms. The van der Waals surface area contributed by atoms with E-state index >= 15 is 0 Å². The first-order valence-corrected chi connectivity index (χ1v) is 8.80. The highest BCUT2D eigenvalue weighted by Crippen LogP contribution is 2.27. The molecule has 4 aromatic carbocycles. The first-order valence-electron chi connectivity index (χ1n) is 8.35. The second-order valence-corrected chi connectivity index (χ2v) is 6.58. The maximum absolute atomic E-state index is 4.34. The highest BCUT2D eigenvalue weighted by atomic mass is 32.1. The Labute approximate surface area is 154 Å². The van der Waals surface area contributed by atoms with Crippen molar-refractivity contribution in [2.45, 2.75) is 4.90 Å². The third kappa shape index (κ3) is 3.52. The van der Waals surface area contributed by atoms with Gasteiger partial charge in [0.25, 0.3) is 0 Å². The summed E-state index contributed by atoms with van der Waals surface area (Å²) >= 11 is 4.34. The van der Waals surface area contributed by atoms with Gasteiger partial charge in [-0.1, -0.05) is 91.0 Å². The molecule has 120 valence electrons. The molecular weight excluding hydrogens is 320 g/mol. The van der Waals surface area contributed by atoms with Crippen molar-refractivity contribution in [3.8, 4) is 33.4 Å². The van der Waals surface area contributed by atoms with Gasteiger partial charge in [-0.25, -0.2) is 0 Å². The van der Waals surface area contributed by atoms with Gasteiger partial charge in [-0.15, -0.1) is 12.6 Å². The van der Waals surface area contributed by atoms with Gasteiger partial charge in [-0.05, 0) is 45.5 Å². The quantitative estimate of drug-likeness (QED) is 0.383. The van der Waals surface area contributed by atoms with E-state index in [-0.39, 0.29) is 0 Å². The Bertz CT molecular complexity index is 951. The van der Waals surface area contributed by atoms with Gasteiger partial charge in [0, 0.05) is 4.90 Å². The highest BCUT2D eigenvalue weighted by molar-refractivity contribution is 7.80. The lowest BCUT2D eigenvalue weighted by Crippen LogP contribution is -1.82. The summed E-state index contributed by atoms with van der Waals surface area (Å²) in [5.41, 5.74) is 7.39. The maximum Gasteiger partial charge on any atom is 0.00404 e. The average Bonchev–Trinajstić information content (AvgIpc) is 2.70. The number of hydrogen-bond donors (Lipinski definition) is 1. The van der Waals surface area contributed by atoms with Gasteiger partial charge in [0.15, 0.2) is 0 Å². The fraction of sp³-hybridized carbons (Fsp3) is 0. The zero-order chi connectivity index (χ0) is 17.1. The smallest absolute Gasteiger partial charge is 0.00404 e. The van der Waals surface area contributed by atoms with Gasteiger partial charge in [-0.3, -0.25) is 0 Å². The molecule has 4 rings (SSSR count). The predicted octanol–water partition coefficient (Wildman–Crippen LogP) is 6.98. The summed E-state index contributed by atoms with van der Waals surface area (Å²) < 4.78 is 0. The Morgan fingerprint density at radius 1 is 0.320 bits per heavy atom. The minimum Gasteiger partial charge on any atom is -0.143 e. The largest absolute Gasteiger partial charge is 0.143 e. The third-order valence-corrected chi connectivity index (χ3v) is 4.71. The fourth-order valence-corrected chi connectivity index (χ4v) is 3.14. The Hall–Kier alpha value is -2.77. The van der Waals surface area contributed by atoms with Crippen LogP contribution in [-0.4, -0.2) is 0 Å². The molecule has 0 unspecified atom stereocenters. The molecule has 0 saturated heterocycles. The van der Waals surface area contributed by atoms with Crippen LogP contribution in [0.5, 0.6) is 0 Å². The van der Waals surface area contributed by atoms with Crippen molar-refractivity contribution in [1.82, 2.24) is 0 Å². The van der Waals surface area contributed by atoms with Gasteiger partial charge in [0.05, 0.1) is 0 Å². The average molecular weight is 338 g/mol. The molecule has 0 nitrogen and oxygen atoms in total. The first-order chi connectivity index (χ1) is 12.3. The van der Waals surface area contributed by atoms with E-state index in [0.29, 0.717) is 0 Å². The number of rotatable bonds is 3. The van der Waals surface area contributed by atoms with Crippen LogP contribution in [0.25, 0.3) is 33.4 Å². The van der Waals surface area contributed by atoms with Crippen molar-refractivity contribution in [3.05, 3.63) is 103 Å². The second-order valence-electron chi connectivity index (χ2n) is 6.07. The molecular formula is C24H18S. The van der Waals surface area contributed by atoms with Crippen LogP contribution in [0.3, 0.4) is 0 Å². The van der Waals surface area contributed by atoms with Gasteiger partial charge >= 0.3 is 0 Å². The summed E-state index contributed by atoms with van der Waals surface area (Å²) in [7, 11) is 0. The van der Waals surface area contributed by atoms with Crippen LogP contribution >= 0.6 is 12.6 Å². The van der Waals surface area contributed by atoms with Gasteiger partial charge in [0.1, 0.15) is 0 Å². The molecule has 0 spiro atoms. The van der Waals surface area contributed by atoms with Crippen molar-refractivity contribution < 1.29 is 0 Å². The summed E-state index contributed by atoms with van der Waals surface area (Å²) in [5, 5.41) is 0. The number of hydrogen-bond acceptors (Lipinski definition) is 1. The normalized spacial score (nSPS) is 10.6. The molecule has 0 amide bonds. The van der Waals surface area contributed by atoms with E-state index in [0.717, 1.165) is 4.90 Å². The Kier molecular flexibility index (Phi) is 4.41. The summed E-state index contributed by atoms with van der Waals surface area (Å²) in [4.78, 5) is 0.985. The van der Waals surface area contributed by atoms with Crippen LogP contribution in [0.2, 0.25) is 0 Å². The number of thiol groups is 1. The van der Waals surface area contributed by atoms with Gasteiger partial charge in [0.2, 0.25) is 0 Å². The van der Waals surface area contributed by atoms with E-state index in [2.05, 4.69) is 97.6 Å². The summed E-state index contributed by atoms with van der Waals surface area (Å²) in [6, 6.07) is 36.2. The summed E-state index contributed by atoms with van der Waals surface area (Å²) in [6.45, 7) is 0. The molecule has 0 atom stereocenters. The van der Waals surface area contributed by atoms with E-state index in [9.17, 15) is 0 Å². The molecule has 0 aliphatic heterocycles. The van der Waals surface area contributed by atoms with E-state index in [4.69, 9.17) is 0 Å². The van der Waals surface area contributed by atoms with Crippen molar-refractivity contribution >= 4 is 12.6 Å². The highest BCUT2D eigenvalue weighted by Gasteiger charge is 2.02. The Balaban J connectivity index is 1.59. The minimum atomic E-state index is 0.985. The van der Waals surface area contributed by atoms with Gasteiger partial charge < -0.3 is 0 Å². The summed E-state index contributed by atoms with van der Waals surface area (Å²) in [6.07, 6.45) is 0. The standard InChI is InChI=1S/C24H18S/c25-24-16-14-23(15-17-24)22-12-10-21(11-13-22)20-8-6-19(7-9-20)18-4-2-1-3-5-18/h1-17,25H. The molecule has 25 heavy (non-hydrogen) atoms. The molecule has 0 fully saturated rings. The lowest BCUT2D eigenvalue weighted by atomic mass is 9.98. The van der Waals surface area contributed by atoms with Gasteiger partial charge in [-0.2, -0.15) is 0 Å². The van der Waals surface area contributed by atoms with E-state index in [1.54, 1.807) is 0 Å². The van der Waals surface area contributed by atoms with Crippen LogP contribution < -0.4 is 0 Å². The van der Waals surface area contributed by atoms with Crippen molar-refractivity contribution in [2.75, 3.05) is 0 Å². The van der Waals surface area contributed by atoms with Crippen LogP contribution in [-0.2, 0) is 0 Å². The van der Waals surface area contributed by atoms with E-state index in [1.165, 1.54) is 33.4 Å². The van der Waals surface area contributed by atoms with Crippen molar-refractivity contribution in [1.29, 1.82) is 0 Å². The lowest BCUT2D eigenvalue weighted by Gasteiger charge is -2.07. The van der Waals surface area contributed by atoms with Crippen molar-refractivity contribution in [2.24, 2.45) is 0 Å². The molecule has 0 aliphatic rings. The van der Waals surface area contributed by atoms with Crippen LogP contribution in [0.1, 0.15) is 0 Å². The monoisotopic (exact) mass is 338 g/mol. The molecule has 0 saturated carbocycles. The molecule has 0 radical (unpaired) electrons. The zero-order valence-electron chi connectivity index (χ0n) is 13.8.